The molecule has 3 rings (SSSR count). The molecule has 0 aromatic heterocycles. The molecular formula is C15H13N2NaO2. The summed E-state index contributed by atoms with van der Waals surface area (Å²) in [4.78, 5) is 27.1. The molecule has 4 nitrogen and oxygen atoms in total. The van der Waals surface area contributed by atoms with E-state index in [1.807, 2.05) is 36.4 Å². The van der Waals surface area contributed by atoms with Crippen LogP contribution in [0.1, 0.15) is 1.43 Å². The van der Waals surface area contributed by atoms with Crippen molar-refractivity contribution in [2.45, 2.75) is 0 Å². The molecule has 0 aliphatic carbocycles. The molecule has 0 spiro atoms. The number of carbonyl (C=O) groups is 2. The second-order valence-corrected chi connectivity index (χ2v) is 4.27. The van der Waals surface area contributed by atoms with Gasteiger partial charge in [-0.2, -0.15) is 0 Å². The van der Waals surface area contributed by atoms with Crippen LogP contribution in [0, 0.1) is 0 Å². The van der Waals surface area contributed by atoms with E-state index in [0.29, 0.717) is 5.69 Å². The zero-order valence-corrected chi connectivity index (χ0v) is 13.2. The number of hydrogen-bond donors (Lipinski definition) is 0. The van der Waals surface area contributed by atoms with Crippen molar-refractivity contribution >= 4 is 23.3 Å². The van der Waals surface area contributed by atoms with Crippen LogP contribution in [0.4, 0.5) is 16.2 Å². The molecule has 0 radical (unpaired) electrons. The molecule has 0 atom stereocenters. The first-order valence-electron chi connectivity index (χ1n) is 6.02. The number of urea groups is 1. The fourth-order valence-corrected chi connectivity index (χ4v) is 2.14. The van der Waals surface area contributed by atoms with E-state index in [-0.39, 0.29) is 49.5 Å². The van der Waals surface area contributed by atoms with E-state index in [0.717, 1.165) is 5.69 Å². The number of imide groups is 1. The van der Waals surface area contributed by atoms with Crippen LogP contribution in [0.3, 0.4) is 0 Å². The van der Waals surface area contributed by atoms with Crippen molar-refractivity contribution in [3.05, 3.63) is 60.7 Å². The maximum Gasteiger partial charge on any atom is 1.00 e. The zero-order chi connectivity index (χ0) is 13.2. The van der Waals surface area contributed by atoms with Crippen molar-refractivity contribution in [3.63, 3.8) is 0 Å². The van der Waals surface area contributed by atoms with Crippen LogP contribution >= 0.6 is 0 Å². The molecule has 0 unspecified atom stereocenters. The number of benzene rings is 2. The van der Waals surface area contributed by atoms with E-state index in [1.165, 1.54) is 9.80 Å². The minimum absolute atomic E-state index is 0. The normalized spacial score (nSPS) is 14.4. The van der Waals surface area contributed by atoms with Crippen molar-refractivity contribution in [1.82, 2.24) is 0 Å². The van der Waals surface area contributed by atoms with Gasteiger partial charge in [-0.05, 0) is 24.3 Å². The summed E-state index contributed by atoms with van der Waals surface area (Å²) in [5.74, 6) is -0.208. The molecule has 1 aliphatic rings. The van der Waals surface area contributed by atoms with Crippen molar-refractivity contribution in [2.24, 2.45) is 0 Å². The predicted octanol–water partition coefficient (Wildman–Crippen LogP) is -0.224. The standard InChI is InChI=1S/C15H12N2O2.Na.H/c18-14-11-16(12-7-3-1-4-8-12)15(19)17(14)13-9-5-2-6-10-13;;/h1-10H,11H2;;/q;+1;-1. The summed E-state index contributed by atoms with van der Waals surface area (Å²) in [7, 11) is 0. The third-order valence-electron chi connectivity index (χ3n) is 3.05. The molecular weight excluding hydrogens is 263 g/mol. The second kappa shape index (κ2) is 6.22. The van der Waals surface area contributed by atoms with Crippen LogP contribution in [0.2, 0.25) is 0 Å². The van der Waals surface area contributed by atoms with Gasteiger partial charge in [-0.15, -0.1) is 0 Å². The summed E-state index contributed by atoms with van der Waals surface area (Å²) in [6.07, 6.45) is 0. The molecule has 2 aromatic carbocycles. The molecule has 1 heterocycles. The molecule has 2 aromatic rings. The van der Waals surface area contributed by atoms with Crippen LogP contribution in [0.25, 0.3) is 0 Å². The number of carbonyl (C=O) groups excluding carboxylic acids is 2. The Balaban J connectivity index is 0.00000110. The van der Waals surface area contributed by atoms with Crippen molar-refractivity contribution in [1.29, 1.82) is 0 Å². The first-order valence-corrected chi connectivity index (χ1v) is 6.02. The van der Waals surface area contributed by atoms with Gasteiger partial charge < -0.3 is 1.43 Å². The summed E-state index contributed by atoms with van der Waals surface area (Å²) in [5, 5.41) is 0. The second-order valence-electron chi connectivity index (χ2n) is 4.27. The average molecular weight is 276 g/mol. The number of anilines is 2. The summed E-state index contributed by atoms with van der Waals surface area (Å²) < 4.78 is 0. The first kappa shape index (κ1) is 14.8. The molecule has 1 fully saturated rings. The quantitative estimate of drug-likeness (QED) is 0.562. The Morgan fingerprint density at radius 3 is 1.85 bits per heavy atom. The van der Waals surface area contributed by atoms with Gasteiger partial charge in [0.05, 0.1) is 5.69 Å². The average Bonchev–Trinajstić information content (AvgIpc) is 2.76. The Hall–Kier alpha value is -1.62. The van der Waals surface area contributed by atoms with E-state index in [1.54, 1.807) is 24.3 Å². The van der Waals surface area contributed by atoms with Gasteiger partial charge in [0.25, 0.3) is 5.91 Å². The van der Waals surface area contributed by atoms with Gasteiger partial charge >= 0.3 is 35.6 Å². The Morgan fingerprint density at radius 2 is 1.30 bits per heavy atom. The van der Waals surface area contributed by atoms with Gasteiger partial charge in [-0.3, -0.25) is 9.69 Å². The Kier molecular flexibility index (Phi) is 4.60. The summed E-state index contributed by atoms with van der Waals surface area (Å²) >= 11 is 0. The van der Waals surface area contributed by atoms with Crippen LogP contribution in [0.15, 0.2) is 60.7 Å². The van der Waals surface area contributed by atoms with E-state index < -0.39 is 0 Å². The maximum absolute atomic E-state index is 12.3. The number of rotatable bonds is 2. The van der Waals surface area contributed by atoms with Gasteiger partial charge in [0.15, 0.2) is 0 Å². The molecule has 3 amide bonds. The Bertz CT molecular complexity index is 622. The van der Waals surface area contributed by atoms with Crippen LogP contribution in [0.5, 0.6) is 0 Å². The minimum Gasteiger partial charge on any atom is -1.00 e. The molecule has 0 bridgehead atoms. The van der Waals surface area contributed by atoms with Crippen LogP contribution < -0.4 is 39.4 Å². The topological polar surface area (TPSA) is 40.6 Å². The van der Waals surface area contributed by atoms with E-state index >= 15 is 0 Å². The summed E-state index contributed by atoms with van der Waals surface area (Å²) in [5.41, 5.74) is 1.34. The third-order valence-corrected chi connectivity index (χ3v) is 3.05. The molecule has 1 saturated heterocycles. The van der Waals surface area contributed by atoms with Gasteiger partial charge in [0, 0.05) is 5.69 Å². The largest absolute Gasteiger partial charge is 1.00 e. The summed E-state index contributed by atoms with van der Waals surface area (Å²) in [6.45, 7) is 0.0811. The van der Waals surface area contributed by atoms with Gasteiger partial charge in [0.2, 0.25) is 0 Å². The Morgan fingerprint density at radius 1 is 0.800 bits per heavy atom. The number of nitrogens with zero attached hydrogens (tertiary/aromatic N) is 2. The molecule has 1 aliphatic heterocycles. The fraction of sp³-hybridized carbons (Fsp3) is 0.0667. The smallest absolute Gasteiger partial charge is 1.00 e. The van der Waals surface area contributed by atoms with E-state index in [2.05, 4.69) is 0 Å². The van der Waals surface area contributed by atoms with Crippen molar-refractivity contribution in [3.8, 4) is 0 Å². The van der Waals surface area contributed by atoms with E-state index in [4.69, 9.17) is 0 Å². The van der Waals surface area contributed by atoms with Gasteiger partial charge in [-0.25, -0.2) is 9.69 Å². The van der Waals surface area contributed by atoms with Crippen LogP contribution in [-0.2, 0) is 4.79 Å². The Labute approximate surface area is 140 Å². The van der Waals surface area contributed by atoms with Crippen molar-refractivity contribution in [2.75, 3.05) is 16.3 Å². The van der Waals surface area contributed by atoms with Gasteiger partial charge in [-0.1, -0.05) is 36.4 Å². The van der Waals surface area contributed by atoms with Crippen molar-refractivity contribution < 1.29 is 40.6 Å². The number of para-hydroxylation sites is 2. The summed E-state index contributed by atoms with van der Waals surface area (Å²) in [6, 6.07) is 17.9. The number of amides is 3. The fourth-order valence-electron chi connectivity index (χ4n) is 2.14. The van der Waals surface area contributed by atoms with Crippen LogP contribution in [-0.4, -0.2) is 18.5 Å². The molecule has 20 heavy (non-hydrogen) atoms. The molecule has 96 valence electrons. The molecule has 0 N–H and O–H groups in total. The zero-order valence-electron chi connectivity index (χ0n) is 12.2. The van der Waals surface area contributed by atoms with Gasteiger partial charge in [0.1, 0.15) is 6.54 Å². The molecule has 5 heteroatoms. The maximum atomic E-state index is 12.3. The number of hydrogen-bond acceptors (Lipinski definition) is 2. The monoisotopic (exact) mass is 276 g/mol. The van der Waals surface area contributed by atoms with E-state index in [9.17, 15) is 9.59 Å². The SMILES string of the molecule is O=C1CN(c2ccccc2)C(=O)N1c1ccccc1.[H-].[Na+]. The minimum atomic E-state index is -0.303. The predicted molar refractivity (Wildman–Crippen MR) is 74.2 cm³/mol. The molecule has 0 saturated carbocycles. The third kappa shape index (κ3) is 2.63. The first-order chi connectivity index (χ1) is 9.27.